The first-order chi connectivity index (χ1) is 8.49. The van der Waals surface area contributed by atoms with Gasteiger partial charge < -0.3 is 14.5 Å². The smallest absolute Gasteiger partial charge is 0.325 e. The zero-order valence-electron chi connectivity index (χ0n) is 11.1. The second kappa shape index (κ2) is 6.37. The monoisotopic (exact) mass is 256 g/mol. The van der Waals surface area contributed by atoms with Gasteiger partial charge >= 0.3 is 5.97 Å². The van der Waals surface area contributed by atoms with Crippen molar-refractivity contribution in [1.82, 2.24) is 9.80 Å². The van der Waals surface area contributed by atoms with Crippen LogP contribution in [0.25, 0.3) is 0 Å². The van der Waals surface area contributed by atoms with Gasteiger partial charge in [-0.3, -0.25) is 14.4 Å². The lowest BCUT2D eigenvalue weighted by Gasteiger charge is -2.23. The second-order valence-electron chi connectivity index (χ2n) is 4.51. The summed E-state index contributed by atoms with van der Waals surface area (Å²) in [7, 11) is 2.98. The third kappa shape index (κ3) is 3.45. The number of amides is 2. The van der Waals surface area contributed by atoms with Crippen molar-refractivity contribution in [1.29, 1.82) is 0 Å². The number of carbonyl (C=O) groups excluding carboxylic acids is 3. The fourth-order valence-electron chi connectivity index (χ4n) is 2.04. The van der Waals surface area contributed by atoms with Crippen LogP contribution in [-0.2, 0) is 19.1 Å². The van der Waals surface area contributed by atoms with Gasteiger partial charge in [-0.25, -0.2) is 0 Å². The minimum Gasteiger partial charge on any atom is -0.468 e. The molecule has 0 radical (unpaired) electrons. The molecule has 0 bridgehead atoms. The molecule has 1 atom stereocenters. The van der Waals surface area contributed by atoms with E-state index in [0.717, 1.165) is 6.42 Å². The highest BCUT2D eigenvalue weighted by Gasteiger charge is 2.35. The Hall–Kier alpha value is -1.59. The maximum Gasteiger partial charge on any atom is 0.325 e. The summed E-state index contributed by atoms with van der Waals surface area (Å²) >= 11 is 0. The van der Waals surface area contributed by atoms with Gasteiger partial charge in [-0.05, 0) is 6.42 Å². The molecule has 0 aromatic heterocycles. The molecular formula is C12H20N2O4. The highest BCUT2D eigenvalue weighted by Crippen LogP contribution is 2.18. The number of rotatable bonds is 5. The van der Waals surface area contributed by atoms with Crippen LogP contribution in [0.1, 0.15) is 19.8 Å². The summed E-state index contributed by atoms with van der Waals surface area (Å²) in [4.78, 5) is 37.9. The highest BCUT2D eigenvalue weighted by atomic mass is 16.5. The van der Waals surface area contributed by atoms with E-state index in [1.165, 1.54) is 12.0 Å². The van der Waals surface area contributed by atoms with Gasteiger partial charge in [0.25, 0.3) is 0 Å². The number of methoxy groups -OCH3 is 1. The Balaban J connectivity index is 2.65. The molecule has 6 nitrogen and oxygen atoms in total. The molecule has 0 aromatic carbocycles. The van der Waals surface area contributed by atoms with E-state index in [4.69, 9.17) is 0 Å². The quantitative estimate of drug-likeness (QED) is 0.643. The number of ether oxygens (including phenoxy) is 1. The van der Waals surface area contributed by atoms with E-state index in [1.807, 2.05) is 6.92 Å². The summed E-state index contributed by atoms with van der Waals surface area (Å²) in [6.07, 6.45) is 0.996. The molecule has 1 heterocycles. The summed E-state index contributed by atoms with van der Waals surface area (Å²) in [5, 5.41) is 0. The number of likely N-dealkylation sites (tertiary alicyclic amines) is 1. The Morgan fingerprint density at radius 1 is 1.50 bits per heavy atom. The van der Waals surface area contributed by atoms with Crippen LogP contribution in [0.4, 0.5) is 0 Å². The van der Waals surface area contributed by atoms with Gasteiger partial charge in [0.05, 0.1) is 13.0 Å². The average molecular weight is 256 g/mol. The second-order valence-corrected chi connectivity index (χ2v) is 4.51. The average Bonchev–Trinajstić information content (AvgIpc) is 2.68. The number of esters is 1. The van der Waals surface area contributed by atoms with Crippen molar-refractivity contribution in [3.05, 3.63) is 0 Å². The Kier molecular flexibility index (Phi) is 5.12. The standard InChI is InChI=1S/C12H20N2O4/c1-4-5-14(8-11(16)18-3)12(17)9-6-10(15)13(2)7-9/h9H,4-8H2,1-3H3. The molecule has 2 amide bonds. The van der Waals surface area contributed by atoms with Gasteiger partial charge in [0, 0.05) is 26.6 Å². The molecule has 1 saturated heterocycles. The van der Waals surface area contributed by atoms with Crippen LogP contribution in [-0.4, -0.2) is 61.4 Å². The normalized spacial score (nSPS) is 18.9. The van der Waals surface area contributed by atoms with Crippen molar-refractivity contribution in [2.75, 3.05) is 33.8 Å². The predicted molar refractivity (Wildman–Crippen MR) is 64.6 cm³/mol. The fourth-order valence-corrected chi connectivity index (χ4v) is 2.04. The minimum atomic E-state index is -0.436. The van der Waals surface area contributed by atoms with Crippen LogP contribution >= 0.6 is 0 Å². The summed E-state index contributed by atoms with van der Waals surface area (Å²) < 4.78 is 4.57. The van der Waals surface area contributed by atoms with Gasteiger partial charge in [0.2, 0.25) is 11.8 Å². The van der Waals surface area contributed by atoms with E-state index in [1.54, 1.807) is 11.9 Å². The van der Waals surface area contributed by atoms with Gasteiger partial charge in [0.15, 0.2) is 0 Å². The number of hydrogen-bond acceptors (Lipinski definition) is 4. The van der Waals surface area contributed by atoms with Crippen molar-refractivity contribution in [3.8, 4) is 0 Å². The van der Waals surface area contributed by atoms with Crippen LogP contribution in [0, 0.1) is 5.92 Å². The van der Waals surface area contributed by atoms with Crippen LogP contribution in [0.5, 0.6) is 0 Å². The number of nitrogens with zero attached hydrogens (tertiary/aromatic N) is 2. The lowest BCUT2D eigenvalue weighted by atomic mass is 10.1. The fraction of sp³-hybridized carbons (Fsp3) is 0.750. The molecule has 102 valence electrons. The van der Waals surface area contributed by atoms with Crippen LogP contribution in [0.2, 0.25) is 0 Å². The lowest BCUT2D eigenvalue weighted by molar-refractivity contribution is -0.148. The summed E-state index contributed by atoms with van der Waals surface area (Å²) in [6, 6.07) is 0. The molecule has 0 aliphatic carbocycles. The van der Waals surface area contributed by atoms with Gasteiger partial charge in [-0.1, -0.05) is 6.92 Å². The number of hydrogen-bond donors (Lipinski definition) is 0. The van der Waals surface area contributed by atoms with E-state index in [2.05, 4.69) is 4.74 Å². The van der Waals surface area contributed by atoms with Crippen LogP contribution in [0.3, 0.4) is 0 Å². The van der Waals surface area contributed by atoms with E-state index in [-0.39, 0.29) is 30.7 Å². The third-order valence-electron chi connectivity index (χ3n) is 3.04. The largest absolute Gasteiger partial charge is 0.468 e. The molecule has 0 N–H and O–H groups in total. The Morgan fingerprint density at radius 3 is 2.61 bits per heavy atom. The maximum atomic E-state index is 12.2. The zero-order valence-corrected chi connectivity index (χ0v) is 11.1. The van der Waals surface area contributed by atoms with E-state index < -0.39 is 5.97 Å². The van der Waals surface area contributed by atoms with Crippen LogP contribution < -0.4 is 0 Å². The van der Waals surface area contributed by atoms with Crippen molar-refractivity contribution < 1.29 is 19.1 Å². The molecule has 0 saturated carbocycles. The van der Waals surface area contributed by atoms with Gasteiger partial charge in [0.1, 0.15) is 6.54 Å². The molecule has 1 unspecified atom stereocenters. The van der Waals surface area contributed by atoms with Crippen molar-refractivity contribution in [2.45, 2.75) is 19.8 Å². The summed E-state index contributed by atoms with van der Waals surface area (Å²) in [5.41, 5.74) is 0. The number of carbonyl (C=O) groups is 3. The van der Waals surface area contributed by atoms with Crippen molar-refractivity contribution in [2.24, 2.45) is 5.92 Å². The lowest BCUT2D eigenvalue weighted by Crippen LogP contribution is -2.41. The van der Waals surface area contributed by atoms with E-state index >= 15 is 0 Å². The first-order valence-electron chi connectivity index (χ1n) is 6.09. The van der Waals surface area contributed by atoms with Gasteiger partial charge in [-0.2, -0.15) is 0 Å². The first kappa shape index (κ1) is 14.5. The third-order valence-corrected chi connectivity index (χ3v) is 3.04. The molecular weight excluding hydrogens is 236 g/mol. The Bertz CT molecular complexity index is 343. The Labute approximate surface area is 107 Å². The molecule has 0 aromatic rings. The molecule has 1 rings (SSSR count). The van der Waals surface area contributed by atoms with E-state index in [0.29, 0.717) is 13.1 Å². The summed E-state index contributed by atoms with van der Waals surface area (Å²) in [5.74, 6) is -0.934. The van der Waals surface area contributed by atoms with Crippen molar-refractivity contribution in [3.63, 3.8) is 0 Å². The molecule has 18 heavy (non-hydrogen) atoms. The molecule has 1 aliphatic heterocycles. The Morgan fingerprint density at radius 2 is 2.17 bits per heavy atom. The highest BCUT2D eigenvalue weighted by molar-refractivity contribution is 5.90. The molecule has 0 spiro atoms. The van der Waals surface area contributed by atoms with E-state index in [9.17, 15) is 14.4 Å². The molecule has 6 heteroatoms. The van der Waals surface area contributed by atoms with Gasteiger partial charge in [-0.15, -0.1) is 0 Å². The molecule has 1 aliphatic rings. The first-order valence-corrected chi connectivity index (χ1v) is 6.09. The van der Waals surface area contributed by atoms with Crippen molar-refractivity contribution >= 4 is 17.8 Å². The maximum absolute atomic E-state index is 12.2. The molecule has 1 fully saturated rings. The SMILES string of the molecule is CCCN(CC(=O)OC)C(=O)C1CC(=O)N(C)C1. The zero-order chi connectivity index (χ0) is 13.7. The predicted octanol–water partition coefficient (Wildman–Crippen LogP) is -0.124. The van der Waals surface area contributed by atoms with Crippen LogP contribution in [0.15, 0.2) is 0 Å². The topological polar surface area (TPSA) is 66.9 Å². The summed E-state index contributed by atoms with van der Waals surface area (Å²) in [6.45, 7) is 2.82. The minimum absolute atomic E-state index is 0.0251.